The molecule has 0 fully saturated rings. The van der Waals surface area contributed by atoms with Crippen LogP contribution in [0.25, 0.3) is 53.6 Å². The van der Waals surface area contributed by atoms with Crippen LogP contribution in [-0.4, -0.2) is 0 Å². The zero-order valence-electron chi connectivity index (χ0n) is 33.6. The zero-order chi connectivity index (χ0) is 40.0. The molecule has 10 aromatic rings. The first kappa shape index (κ1) is 35.0. The van der Waals surface area contributed by atoms with Gasteiger partial charge in [-0.2, -0.15) is 0 Å². The number of fused-ring (bicyclic) bond motifs is 12. The fourth-order valence-corrected chi connectivity index (χ4v) is 11.8. The van der Waals surface area contributed by atoms with E-state index >= 15 is 0 Å². The van der Waals surface area contributed by atoms with Gasteiger partial charge in [0.15, 0.2) is 0 Å². The van der Waals surface area contributed by atoms with Crippen LogP contribution in [0, 0.1) is 0 Å². The summed E-state index contributed by atoms with van der Waals surface area (Å²) < 4.78 is 2.58. The molecule has 12 rings (SSSR count). The van der Waals surface area contributed by atoms with E-state index in [0.29, 0.717) is 0 Å². The van der Waals surface area contributed by atoms with Crippen LogP contribution in [0.5, 0.6) is 0 Å². The van der Waals surface area contributed by atoms with Crippen molar-refractivity contribution in [1.82, 2.24) is 0 Å². The molecule has 0 saturated heterocycles. The quantitative estimate of drug-likeness (QED) is 0.168. The predicted molar refractivity (Wildman–Crippen MR) is 254 cm³/mol. The van der Waals surface area contributed by atoms with Crippen molar-refractivity contribution in [2.45, 2.75) is 24.7 Å². The Labute approximate surface area is 355 Å². The molecule has 1 spiro atoms. The van der Waals surface area contributed by atoms with Crippen molar-refractivity contribution < 1.29 is 0 Å². The van der Waals surface area contributed by atoms with Crippen LogP contribution in [0.15, 0.2) is 212 Å². The molecule has 60 heavy (non-hydrogen) atoms. The maximum Gasteiger partial charge on any atom is 0.0719 e. The second-order valence-electron chi connectivity index (χ2n) is 16.8. The van der Waals surface area contributed by atoms with Crippen LogP contribution in [0.1, 0.15) is 47.2 Å². The Kier molecular flexibility index (Phi) is 7.73. The Hall–Kier alpha value is -7.00. The van der Waals surface area contributed by atoms with Crippen LogP contribution in [-0.2, 0) is 10.8 Å². The maximum absolute atomic E-state index is 2.51. The minimum Gasteiger partial charge on any atom is -0.309 e. The van der Waals surface area contributed by atoms with Crippen molar-refractivity contribution in [2.75, 3.05) is 4.90 Å². The van der Waals surface area contributed by atoms with E-state index in [1.54, 1.807) is 0 Å². The molecular formula is C58H41NS. The summed E-state index contributed by atoms with van der Waals surface area (Å²) in [6, 6.07) is 79.2. The molecule has 2 aliphatic carbocycles. The van der Waals surface area contributed by atoms with E-state index in [1.807, 2.05) is 11.3 Å². The molecule has 0 N–H and O–H groups in total. The highest BCUT2D eigenvalue weighted by Gasteiger charge is 2.53. The lowest BCUT2D eigenvalue weighted by Crippen LogP contribution is -2.40. The summed E-state index contributed by atoms with van der Waals surface area (Å²) in [5.41, 5.74) is 18.6. The largest absolute Gasteiger partial charge is 0.309 e. The van der Waals surface area contributed by atoms with Gasteiger partial charge in [-0.1, -0.05) is 184 Å². The molecule has 2 heteroatoms. The highest BCUT2D eigenvalue weighted by molar-refractivity contribution is 7.26. The number of hydrogen-bond acceptors (Lipinski definition) is 2. The predicted octanol–water partition coefficient (Wildman–Crippen LogP) is 15.9. The van der Waals surface area contributed by atoms with Gasteiger partial charge in [-0.25, -0.2) is 0 Å². The third-order valence-electron chi connectivity index (χ3n) is 13.3. The molecule has 2 aliphatic rings. The summed E-state index contributed by atoms with van der Waals surface area (Å²) >= 11 is 1.87. The summed E-state index contributed by atoms with van der Waals surface area (Å²) in [6.07, 6.45) is 0. The molecule has 1 heterocycles. The molecule has 0 saturated carbocycles. The summed E-state index contributed by atoms with van der Waals surface area (Å²) in [6.45, 7) is 4.78. The minimum atomic E-state index is -0.439. The molecule has 0 unspecified atom stereocenters. The van der Waals surface area contributed by atoms with E-state index in [9.17, 15) is 0 Å². The van der Waals surface area contributed by atoms with Gasteiger partial charge in [0.1, 0.15) is 0 Å². The molecule has 0 amide bonds. The number of rotatable bonds is 5. The van der Waals surface area contributed by atoms with E-state index in [0.717, 1.165) is 11.4 Å². The second-order valence-corrected chi connectivity index (χ2v) is 17.9. The fourth-order valence-electron chi connectivity index (χ4n) is 10.6. The van der Waals surface area contributed by atoms with Gasteiger partial charge < -0.3 is 4.90 Å². The van der Waals surface area contributed by atoms with E-state index in [-0.39, 0.29) is 5.41 Å². The van der Waals surface area contributed by atoms with Crippen LogP contribution in [0.2, 0.25) is 0 Å². The normalized spacial score (nSPS) is 14.1. The third kappa shape index (κ3) is 4.98. The monoisotopic (exact) mass is 783 g/mol. The molecule has 0 radical (unpaired) electrons. The highest BCUT2D eigenvalue weighted by atomic mass is 32.1. The topological polar surface area (TPSA) is 3.24 Å². The van der Waals surface area contributed by atoms with Crippen molar-refractivity contribution in [3.8, 4) is 33.4 Å². The van der Waals surface area contributed by atoms with Gasteiger partial charge in [0, 0.05) is 32.3 Å². The Morgan fingerprint density at radius 2 is 0.917 bits per heavy atom. The van der Waals surface area contributed by atoms with Crippen molar-refractivity contribution in [3.63, 3.8) is 0 Å². The van der Waals surface area contributed by atoms with Gasteiger partial charge in [0.05, 0.1) is 15.8 Å². The molecule has 1 nitrogen and oxygen atoms in total. The first-order chi connectivity index (χ1) is 29.5. The van der Waals surface area contributed by atoms with Crippen molar-refractivity contribution in [2.24, 2.45) is 0 Å². The number of anilines is 3. The molecule has 0 atom stereocenters. The molecular weight excluding hydrogens is 743 g/mol. The third-order valence-corrected chi connectivity index (χ3v) is 14.6. The van der Waals surface area contributed by atoms with E-state index in [1.165, 1.54) is 92.6 Å². The Balaban J connectivity index is 1.06. The summed E-state index contributed by atoms with van der Waals surface area (Å²) in [5, 5.41) is 2.59. The lowest BCUT2D eigenvalue weighted by Gasteiger charge is -2.46. The maximum atomic E-state index is 2.51. The second kappa shape index (κ2) is 13.3. The average Bonchev–Trinajstić information content (AvgIpc) is 3.83. The van der Waals surface area contributed by atoms with Gasteiger partial charge in [0.2, 0.25) is 0 Å². The van der Waals surface area contributed by atoms with Gasteiger partial charge in [0.25, 0.3) is 0 Å². The SMILES string of the molecule is CC1(C)c2ccccc2C2(c3ccccc3-c3ccc(-c4cccc(N(c5ccc(-c6ccccc6)cc5)c5cccc6c5sc5ccccc56)c4)cc32)c2ccccc21. The van der Waals surface area contributed by atoms with Crippen LogP contribution in [0.4, 0.5) is 17.1 Å². The lowest BCUT2D eigenvalue weighted by atomic mass is 9.55. The van der Waals surface area contributed by atoms with Crippen molar-refractivity contribution in [1.29, 1.82) is 0 Å². The number of benzene rings is 9. The minimum absolute atomic E-state index is 0.137. The summed E-state index contributed by atoms with van der Waals surface area (Å²) in [4.78, 5) is 2.45. The Bertz CT molecular complexity index is 3250. The van der Waals surface area contributed by atoms with Crippen molar-refractivity contribution >= 4 is 48.6 Å². The summed E-state index contributed by atoms with van der Waals surface area (Å²) in [5.74, 6) is 0. The Morgan fingerprint density at radius 1 is 0.367 bits per heavy atom. The summed E-state index contributed by atoms with van der Waals surface area (Å²) in [7, 11) is 0. The number of hydrogen-bond donors (Lipinski definition) is 0. The zero-order valence-corrected chi connectivity index (χ0v) is 34.4. The molecule has 0 bridgehead atoms. The number of nitrogens with zero attached hydrogens (tertiary/aromatic N) is 1. The Morgan fingerprint density at radius 3 is 1.68 bits per heavy atom. The first-order valence-electron chi connectivity index (χ1n) is 20.9. The van der Waals surface area contributed by atoms with Gasteiger partial charge in [-0.15, -0.1) is 11.3 Å². The van der Waals surface area contributed by atoms with Gasteiger partial charge >= 0.3 is 0 Å². The smallest absolute Gasteiger partial charge is 0.0719 e. The van der Waals surface area contributed by atoms with E-state index in [2.05, 4.69) is 231 Å². The fraction of sp³-hybridized carbons (Fsp3) is 0.0690. The van der Waals surface area contributed by atoms with E-state index in [4.69, 9.17) is 0 Å². The number of thiophene rings is 1. The standard InChI is InChI=1S/C58H41NS/c1-57(2)49-24-9-11-26-51(49)58(52-27-12-10-25-50(52)57)48-23-8-6-20-44(48)45-35-32-41(37-53(45)58)40-18-14-19-43(36-40)59(42-33-30-39(31-34-42)38-16-4-3-5-17-38)54-28-15-22-47-46-21-7-13-29-55(46)60-56(47)54/h3-37H,1-2H3. The van der Waals surface area contributed by atoms with Gasteiger partial charge in [-0.05, 0) is 109 Å². The molecule has 0 aliphatic heterocycles. The average molecular weight is 784 g/mol. The molecule has 9 aromatic carbocycles. The van der Waals surface area contributed by atoms with Crippen molar-refractivity contribution in [3.05, 3.63) is 246 Å². The highest BCUT2D eigenvalue weighted by Crippen LogP contribution is 2.62. The van der Waals surface area contributed by atoms with Crippen LogP contribution >= 0.6 is 11.3 Å². The lowest BCUT2D eigenvalue weighted by molar-refractivity contribution is 0.563. The van der Waals surface area contributed by atoms with Gasteiger partial charge in [-0.3, -0.25) is 0 Å². The van der Waals surface area contributed by atoms with E-state index < -0.39 is 5.41 Å². The molecule has 1 aromatic heterocycles. The molecule has 284 valence electrons. The van der Waals surface area contributed by atoms with Crippen LogP contribution < -0.4 is 4.90 Å². The first-order valence-corrected chi connectivity index (χ1v) is 21.7. The van der Waals surface area contributed by atoms with Crippen LogP contribution in [0.3, 0.4) is 0 Å².